The van der Waals surface area contributed by atoms with Gasteiger partial charge in [0, 0.05) is 12.2 Å². The monoisotopic (exact) mass is 282 g/mol. The number of ether oxygens (including phenoxy) is 1. The van der Waals surface area contributed by atoms with Gasteiger partial charge in [-0.25, -0.2) is 9.18 Å². The molecule has 20 heavy (non-hydrogen) atoms. The minimum Gasteiger partial charge on any atom is -0.452 e. The van der Waals surface area contributed by atoms with Crippen molar-refractivity contribution in [1.82, 2.24) is 5.32 Å². The number of amides is 1. The van der Waals surface area contributed by atoms with Crippen molar-refractivity contribution in [2.24, 2.45) is 5.92 Å². The Labute approximate surface area is 117 Å². The Bertz CT molecular complexity index is 489. The highest BCUT2D eigenvalue weighted by Crippen LogP contribution is 2.13. The number of anilines is 1. The number of nitrogens with two attached hydrogens (primary N) is 1. The Hall–Kier alpha value is -2.11. The van der Waals surface area contributed by atoms with Crippen LogP contribution in [0.3, 0.4) is 0 Å². The Morgan fingerprint density at radius 3 is 2.75 bits per heavy atom. The number of rotatable bonds is 6. The van der Waals surface area contributed by atoms with Crippen molar-refractivity contribution < 1.29 is 18.7 Å². The first kappa shape index (κ1) is 15.9. The molecule has 0 spiro atoms. The molecule has 110 valence electrons. The van der Waals surface area contributed by atoms with Crippen LogP contribution in [-0.4, -0.2) is 25.0 Å². The highest BCUT2D eigenvalue weighted by Gasteiger charge is 2.15. The highest BCUT2D eigenvalue weighted by atomic mass is 19.1. The smallest absolute Gasteiger partial charge is 0.341 e. The fourth-order valence-electron chi connectivity index (χ4n) is 1.46. The Kier molecular flexibility index (Phi) is 5.96. The van der Waals surface area contributed by atoms with Gasteiger partial charge in [-0.05, 0) is 30.5 Å². The zero-order valence-corrected chi connectivity index (χ0v) is 11.6. The van der Waals surface area contributed by atoms with Crippen molar-refractivity contribution in [2.45, 2.75) is 20.3 Å². The number of nitrogens with one attached hydrogen (secondary N) is 1. The third-order valence-corrected chi connectivity index (χ3v) is 2.59. The van der Waals surface area contributed by atoms with Gasteiger partial charge < -0.3 is 15.8 Å². The molecule has 1 aromatic carbocycles. The first-order chi connectivity index (χ1) is 9.40. The minimum atomic E-state index is -0.909. The second-order valence-corrected chi connectivity index (χ2v) is 4.85. The largest absolute Gasteiger partial charge is 0.452 e. The van der Waals surface area contributed by atoms with E-state index in [1.807, 2.05) is 13.8 Å². The molecule has 0 aliphatic heterocycles. The summed E-state index contributed by atoms with van der Waals surface area (Å²) >= 11 is 0. The van der Waals surface area contributed by atoms with E-state index in [0.717, 1.165) is 12.5 Å². The molecule has 1 rings (SSSR count). The summed E-state index contributed by atoms with van der Waals surface area (Å²) in [6.45, 7) is 4.15. The molecule has 0 aliphatic carbocycles. The van der Waals surface area contributed by atoms with Crippen molar-refractivity contribution >= 4 is 17.6 Å². The zero-order chi connectivity index (χ0) is 15.1. The van der Waals surface area contributed by atoms with Gasteiger partial charge in [0.1, 0.15) is 5.82 Å². The molecule has 0 aliphatic rings. The SMILES string of the molecule is CC(C)CCNC(=O)COC(=O)c1cc(N)ccc1F. The number of halogens is 1. The van der Waals surface area contributed by atoms with Crippen molar-refractivity contribution in [3.8, 4) is 0 Å². The molecule has 0 radical (unpaired) electrons. The molecule has 0 heterocycles. The van der Waals surface area contributed by atoms with E-state index in [4.69, 9.17) is 10.5 Å². The van der Waals surface area contributed by atoms with Crippen LogP contribution in [0.2, 0.25) is 0 Å². The predicted molar refractivity (Wildman–Crippen MR) is 73.6 cm³/mol. The topological polar surface area (TPSA) is 81.4 Å². The van der Waals surface area contributed by atoms with E-state index in [9.17, 15) is 14.0 Å². The Balaban J connectivity index is 2.43. The Morgan fingerprint density at radius 1 is 1.40 bits per heavy atom. The van der Waals surface area contributed by atoms with Crippen LogP contribution in [0.25, 0.3) is 0 Å². The van der Waals surface area contributed by atoms with Crippen LogP contribution < -0.4 is 11.1 Å². The van der Waals surface area contributed by atoms with Gasteiger partial charge in [-0.2, -0.15) is 0 Å². The summed E-state index contributed by atoms with van der Waals surface area (Å²) in [7, 11) is 0. The van der Waals surface area contributed by atoms with E-state index in [0.29, 0.717) is 12.5 Å². The van der Waals surface area contributed by atoms with Crippen LogP contribution in [0, 0.1) is 11.7 Å². The molecule has 0 bridgehead atoms. The van der Waals surface area contributed by atoms with E-state index < -0.39 is 24.3 Å². The number of carbonyl (C=O) groups excluding carboxylic acids is 2. The van der Waals surface area contributed by atoms with Gasteiger partial charge in [-0.15, -0.1) is 0 Å². The van der Waals surface area contributed by atoms with Crippen LogP contribution in [0.1, 0.15) is 30.6 Å². The molecule has 3 N–H and O–H groups in total. The molecule has 1 amide bonds. The van der Waals surface area contributed by atoms with Gasteiger partial charge in [0.05, 0.1) is 5.56 Å². The first-order valence-corrected chi connectivity index (χ1v) is 6.39. The maximum absolute atomic E-state index is 13.4. The molecule has 0 saturated carbocycles. The summed E-state index contributed by atoms with van der Waals surface area (Å²) in [4.78, 5) is 23.0. The standard InChI is InChI=1S/C14H19FN2O3/c1-9(2)5-6-17-13(18)8-20-14(19)11-7-10(16)3-4-12(11)15/h3-4,7,9H,5-6,8,16H2,1-2H3,(H,17,18). The van der Waals surface area contributed by atoms with Crippen LogP contribution in [-0.2, 0) is 9.53 Å². The molecule has 1 aromatic rings. The second-order valence-electron chi connectivity index (χ2n) is 4.85. The van der Waals surface area contributed by atoms with Crippen LogP contribution >= 0.6 is 0 Å². The van der Waals surface area contributed by atoms with Gasteiger partial charge in [-0.3, -0.25) is 4.79 Å². The van der Waals surface area contributed by atoms with E-state index in [1.165, 1.54) is 12.1 Å². The molecule has 0 fully saturated rings. The third kappa shape index (κ3) is 5.26. The number of hydrogen-bond donors (Lipinski definition) is 2. The van der Waals surface area contributed by atoms with Crippen LogP contribution in [0.5, 0.6) is 0 Å². The summed E-state index contributed by atoms with van der Waals surface area (Å²) in [5.74, 6) is -1.58. The van der Waals surface area contributed by atoms with Crippen LogP contribution in [0.4, 0.5) is 10.1 Å². The lowest BCUT2D eigenvalue weighted by Crippen LogP contribution is -2.30. The lowest BCUT2D eigenvalue weighted by molar-refractivity contribution is -0.124. The molecule has 0 atom stereocenters. The summed E-state index contributed by atoms with van der Waals surface area (Å²) in [5.41, 5.74) is 5.43. The zero-order valence-electron chi connectivity index (χ0n) is 11.6. The molecule has 0 saturated heterocycles. The molecule has 6 heteroatoms. The number of nitrogen functional groups attached to an aromatic ring is 1. The first-order valence-electron chi connectivity index (χ1n) is 6.39. The lowest BCUT2D eigenvalue weighted by atomic mass is 10.1. The number of benzene rings is 1. The second kappa shape index (κ2) is 7.47. The van der Waals surface area contributed by atoms with Gasteiger partial charge in [0.25, 0.3) is 5.91 Å². The average molecular weight is 282 g/mol. The normalized spacial score (nSPS) is 10.4. The lowest BCUT2D eigenvalue weighted by Gasteiger charge is -2.08. The Morgan fingerprint density at radius 2 is 2.10 bits per heavy atom. The highest BCUT2D eigenvalue weighted by molar-refractivity contribution is 5.92. The third-order valence-electron chi connectivity index (χ3n) is 2.59. The summed E-state index contributed by atoms with van der Waals surface area (Å²) < 4.78 is 18.1. The van der Waals surface area contributed by atoms with Crippen molar-refractivity contribution in [2.75, 3.05) is 18.9 Å². The van der Waals surface area contributed by atoms with Gasteiger partial charge >= 0.3 is 5.97 Å². The molecule has 0 aromatic heterocycles. The maximum Gasteiger partial charge on any atom is 0.341 e. The number of hydrogen-bond acceptors (Lipinski definition) is 4. The van der Waals surface area contributed by atoms with Crippen molar-refractivity contribution in [3.05, 3.63) is 29.6 Å². The molecular weight excluding hydrogens is 263 g/mol. The van der Waals surface area contributed by atoms with E-state index >= 15 is 0 Å². The average Bonchev–Trinajstić information content (AvgIpc) is 2.38. The van der Waals surface area contributed by atoms with Gasteiger partial charge in [-0.1, -0.05) is 13.8 Å². The molecule has 0 unspecified atom stereocenters. The van der Waals surface area contributed by atoms with Gasteiger partial charge in [0.15, 0.2) is 6.61 Å². The number of carbonyl (C=O) groups is 2. The van der Waals surface area contributed by atoms with E-state index in [1.54, 1.807) is 0 Å². The fraction of sp³-hybridized carbons (Fsp3) is 0.429. The van der Waals surface area contributed by atoms with Crippen molar-refractivity contribution in [3.63, 3.8) is 0 Å². The van der Waals surface area contributed by atoms with Crippen LogP contribution in [0.15, 0.2) is 18.2 Å². The van der Waals surface area contributed by atoms with Gasteiger partial charge in [0.2, 0.25) is 0 Å². The minimum absolute atomic E-state index is 0.250. The molecule has 5 nitrogen and oxygen atoms in total. The maximum atomic E-state index is 13.4. The van der Waals surface area contributed by atoms with E-state index in [-0.39, 0.29) is 11.3 Å². The summed E-state index contributed by atoms with van der Waals surface area (Å²) in [5, 5.41) is 2.61. The molecular formula is C14H19FN2O3. The fourth-order valence-corrected chi connectivity index (χ4v) is 1.46. The van der Waals surface area contributed by atoms with E-state index in [2.05, 4.69) is 5.32 Å². The summed E-state index contributed by atoms with van der Waals surface area (Å²) in [6, 6.07) is 3.59. The quantitative estimate of drug-likeness (QED) is 0.615. The number of esters is 1. The predicted octanol–water partition coefficient (Wildman–Crippen LogP) is 1.73. The van der Waals surface area contributed by atoms with Crippen molar-refractivity contribution in [1.29, 1.82) is 0 Å². The summed E-state index contributed by atoms with van der Waals surface area (Å²) in [6.07, 6.45) is 0.837.